The maximum Gasteiger partial charge on any atom is 0.326 e. The van der Waals surface area contributed by atoms with Crippen molar-refractivity contribution in [3.63, 3.8) is 0 Å². The summed E-state index contributed by atoms with van der Waals surface area (Å²) in [4.78, 5) is 69.3. The minimum absolute atomic E-state index is 0.0290. The molecule has 13 nitrogen and oxygen atoms in total. The third kappa shape index (κ3) is 11.3. The number of carboxylic acid groups (broad SMARTS) is 1. The smallest absolute Gasteiger partial charge is 0.326 e. The number of rotatable bonds is 19. The molecule has 0 radical (unpaired) electrons. The number of nitrogens with two attached hydrogens (primary N) is 1. The van der Waals surface area contributed by atoms with Gasteiger partial charge in [-0.25, -0.2) is 10.7 Å². The van der Waals surface area contributed by atoms with E-state index < -0.39 is 42.0 Å². The van der Waals surface area contributed by atoms with Crippen LogP contribution >= 0.6 is 0 Å². The lowest BCUT2D eigenvalue weighted by molar-refractivity contribution is -0.144. The van der Waals surface area contributed by atoms with Gasteiger partial charge in [-0.1, -0.05) is 51.1 Å². The number of ketones is 1. The summed E-state index contributed by atoms with van der Waals surface area (Å²) in [5.74, 6) is 1.78. The van der Waals surface area contributed by atoms with E-state index in [1.807, 2.05) is 19.9 Å². The number of ether oxygens (including phenoxy) is 1. The van der Waals surface area contributed by atoms with Crippen molar-refractivity contribution in [1.29, 1.82) is 0 Å². The van der Waals surface area contributed by atoms with E-state index in [1.54, 1.807) is 36.1 Å². The zero-order valence-corrected chi connectivity index (χ0v) is 25.5. The van der Waals surface area contributed by atoms with Crippen molar-refractivity contribution in [3.8, 4) is 0 Å². The zero-order valence-electron chi connectivity index (χ0n) is 25.5. The number of nitrogens with zero attached hydrogens (tertiary/aromatic N) is 1. The van der Waals surface area contributed by atoms with E-state index in [0.717, 1.165) is 5.56 Å². The molecule has 1 aliphatic rings. The highest BCUT2D eigenvalue weighted by atomic mass is 16.6. The first-order valence-corrected chi connectivity index (χ1v) is 14.7. The normalized spacial score (nSPS) is 17.6. The van der Waals surface area contributed by atoms with Gasteiger partial charge in [0.15, 0.2) is 5.78 Å². The Balaban J connectivity index is 1.92. The number of methoxy groups -OCH3 is 1. The van der Waals surface area contributed by atoms with Crippen molar-refractivity contribution >= 4 is 29.5 Å². The highest BCUT2D eigenvalue weighted by Crippen LogP contribution is 2.27. The number of hydrogen-bond donors (Lipinski definition) is 5. The van der Waals surface area contributed by atoms with E-state index in [2.05, 4.69) is 20.8 Å². The first kappa shape index (κ1) is 35.8. The summed E-state index contributed by atoms with van der Waals surface area (Å²) in [7, 11) is 1.46. The van der Waals surface area contributed by atoms with Gasteiger partial charge in [0.2, 0.25) is 17.7 Å². The molecule has 240 valence electrons. The molecule has 0 saturated carbocycles. The third-order valence-electron chi connectivity index (χ3n) is 7.69. The monoisotopic (exact) mass is 605 g/mol. The Morgan fingerprint density at radius 1 is 1.07 bits per heavy atom. The molecule has 13 heteroatoms. The summed E-state index contributed by atoms with van der Waals surface area (Å²) in [6, 6.07) is 6.98. The van der Waals surface area contributed by atoms with Gasteiger partial charge in [0, 0.05) is 39.5 Å². The second-order valence-corrected chi connectivity index (χ2v) is 11.2. The van der Waals surface area contributed by atoms with Crippen LogP contribution in [0.1, 0.15) is 52.0 Å². The first-order chi connectivity index (χ1) is 20.5. The summed E-state index contributed by atoms with van der Waals surface area (Å²) < 4.78 is 5.69. The van der Waals surface area contributed by atoms with Crippen molar-refractivity contribution in [3.05, 3.63) is 35.9 Å². The summed E-state index contributed by atoms with van der Waals surface area (Å²) in [6.07, 6.45) is 0.692. The van der Waals surface area contributed by atoms with Gasteiger partial charge >= 0.3 is 5.97 Å². The Labute approximate surface area is 253 Å². The van der Waals surface area contributed by atoms with Crippen LogP contribution in [0.3, 0.4) is 0 Å². The highest BCUT2D eigenvalue weighted by Gasteiger charge is 2.40. The molecule has 0 aliphatic carbocycles. The Morgan fingerprint density at radius 2 is 1.77 bits per heavy atom. The van der Waals surface area contributed by atoms with E-state index in [4.69, 9.17) is 10.6 Å². The molecule has 1 fully saturated rings. The van der Waals surface area contributed by atoms with Crippen LogP contribution in [-0.2, 0) is 40.0 Å². The predicted octanol–water partition coefficient (Wildman–Crippen LogP) is 0.411. The second-order valence-electron chi connectivity index (χ2n) is 11.2. The highest BCUT2D eigenvalue weighted by molar-refractivity contribution is 5.90. The molecule has 0 bridgehead atoms. The summed E-state index contributed by atoms with van der Waals surface area (Å²) in [6.45, 7) is 6.28. The van der Waals surface area contributed by atoms with Gasteiger partial charge in [-0.15, -0.1) is 0 Å². The van der Waals surface area contributed by atoms with Crippen LogP contribution < -0.4 is 21.8 Å². The van der Waals surface area contributed by atoms with E-state index in [-0.39, 0.29) is 55.9 Å². The van der Waals surface area contributed by atoms with Crippen molar-refractivity contribution in [2.45, 2.75) is 77.1 Å². The summed E-state index contributed by atoms with van der Waals surface area (Å²) in [5, 5.41) is 18.0. The average molecular weight is 606 g/mol. The van der Waals surface area contributed by atoms with Gasteiger partial charge in [0.1, 0.15) is 6.04 Å². The fourth-order valence-corrected chi connectivity index (χ4v) is 5.32. The van der Waals surface area contributed by atoms with Crippen molar-refractivity contribution in [1.82, 2.24) is 20.9 Å². The maximum absolute atomic E-state index is 13.1. The van der Waals surface area contributed by atoms with Crippen molar-refractivity contribution in [2.24, 2.45) is 17.7 Å². The molecule has 5 unspecified atom stereocenters. The average Bonchev–Trinajstić information content (AvgIpc) is 3.46. The summed E-state index contributed by atoms with van der Waals surface area (Å²) >= 11 is 0. The van der Waals surface area contributed by atoms with Crippen LogP contribution in [0.15, 0.2) is 30.3 Å². The molecule has 2 rings (SSSR count). The van der Waals surface area contributed by atoms with Gasteiger partial charge in [-0.05, 0) is 24.3 Å². The maximum atomic E-state index is 13.1. The zero-order chi connectivity index (χ0) is 31.9. The number of carbonyl (C=O) groups excluding carboxylic acids is 4. The Kier molecular flexibility index (Phi) is 15.2. The predicted molar refractivity (Wildman–Crippen MR) is 158 cm³/mol. The molecule has 0 spiro atoms. The lowest BCUT2D eigenvalue weighted by atomic mass is 9.94. The van der Waals surface area contributed by atoms with Crippen molar-refractivity contribution in [2.75, 3.05) is 33.4 Å². The standard InChI is InChI=1S/C30H47N5O8/c1-19(2)26(32-14-16-43-31)29(39)33-18-22(36)12-13-25(37)35-15-8-11-24(35)27(42-4)20(3)28(38)34-23(30(40)41)17-21-9-6-5-7-10-21/h5-7,9-10,19-20,23-24,26-27,32H,8,11-18,31H2,1-4H3,(H,33,39)(H,34,38)(H,40,41). The molecule has 0 aromatic heterocycles. The lowest BCUT2D eigenvalue weighted by Gasteiger charge is -2.34. The molecule has 1 aromatic rings. The van der Waals surface area contributed by atoms with Crippen molar-refractivity contribution < 1.29 is 38.7 Å². The van der Waals surface area contributed by atoms with E-state index >= 15 is 0 Å². The van der Waals surface area contributed by atoms with Crippen LogP contribution in [0.5, 0.6) is 0 Å². The number of hydrogen-bond acceptors (Lipinski definition) is 9. The minimum atomic E-state index is -1.14. The van der Waals surface area contributed by atoms with E-state index in [0.29, 0.717) is 25.9 Å². The Morgan fingerprint density at radius 3 is 2.37 bits per heavy atom. The molecule has 43 heavy (non-hydrogen) atoms. The fourth-order valence-electron chi connectivity index (χ4n) is 5.32. The first-order valence-electron chi connectivity index (χ1n) is 14.7. The van der Waals surface area contributed by atoms with Crippen LogP contribution in [0.2, 0.25) is 0 Å². The van der Waals surface area contributed by atoms with Gasteiger partial charge in [0.05, 0.1) is 37.3 Å². The van der Waals surface area contributed by atoms with Gasteiger partial charge < -0.3 is 35.5 Å². The van der Waals surface area contributed by atoms with Crippen LogP contribution in [0.25, 0.3) is 0 Å². The Bertz CT molecular complexity index is 1070. The molecule has 1 heterocycles. The van der Waals surface area contributed by atoms with Gasteiger partial charge in [-0.3, -0.25) is 19.2 Å². The largest absolute Gasteiger partial charge is 0.480 e. The number of carbonyl (C=O) groups is 5. The number of nitrogens with one attached hydrogen (secondary N) is 3. The van der Waals surface area contributed by atoms with E-state index in [9.17, 15) is 29.1 Å². The number of aliphatic carboxylic acids is 1. The number of amides is 3. The molecule has 1 saturated heterocycles. The van der Waals surface area contributed by atoms with Crippen LogP contribution in [0, 0.1) is 11.8 Å². The Hall–Kier alpha value is -3.39. The third-order valence-corrected chi connectivity index (χ3v) is 7.69. The molecular formula is C30H47N5O8. The SMILES string of the molecule is COC(C(C)C(=O)NC(Cc1ccccc1)C(=O)O)C1CCCN1C(=O)CCC(=O)CNC(=O)C(NCCON)C(C)C. The van der Waals surface area contributed by atoms with Crippen LogP contribution in [-0.4, -0.2) is 97.1 Å². The molecule has 3 amide bonds. The second kappa shape index (κ2) is 18.3. The summed E-state index contributed by atoms with van der Waals surface area (Å²) in [5.41, 5.74) is 0.779. The molecule has 6 N–H and O–H groups in total. The van der Waals surface area contributed by atoms with Crippen LogP contribution in [0.4, 0.5) is 0 Å². The fraction of sp³-hybridized carbons (Fsp3) is 0.633. The van der Waals surface area contributed by atoms with Gasteiger partial charge in [-0.2, -0.15) is 0 Å². The quantitative estimate of drug-likeness (QED) is 0.109. The number of likely N-dealkylation sites (tertiary alicyclic amines) is 1. The number of benzene rings is 1. The number of carboxylic acids is 1. The number of Topliss-reactive ketones (excluding diaryl/α,β-unsaturated/α-hetero) is 1. The lowest BCUT2D eigenvalue weighted by Crippen LogP contribution is -2.52. The van der Waals surface area contributed by atoms with E-state index in [1.165, 1.54) is 7.11 Å². The topological polar surface area (TPSA) is 189 Å². The molecule has 5 atom stereocenters. The molecular weight excluding hydrogens is 558 g/mol. The minimum Gasteiger partial charge on any atom is -0.480 e. The molecule has 1 aromatic carbocycles. The molecule has 1 aliphatic heterocycles. The van der Waals surface area contributed by atoms with Gasteiger partial charge in [0.25, 0.3) is 0 Å².